The van der Waals surface area contributed by atoms with Crippen LogP contribution in [-0.2, 0) is 6.54 Å². The lowest BCUT2D eigenvalue weighted by Crippen LogP contribution is -2.28. The van der Waals surface area contributed by atoms with Gasteiger partial charge >= 0.3 is 0 Å². The molecule has 2 aromatic rings. The summed E-state index contributed by atoms with van der Waals surface area (Å²) in [6, 6.07) is -0.177. The van der Waals surface area contributed by atoms with Gasteiger partial charge in [-0.3, -0.25) is 10.5 Å². The molecule has 0 aliphatic carbocycles. The van der Waals surface area contributed by atoms with Gasteiger partial charge in [0, 0.05) is 18.3 Å². The lowest BCUT2D eigenvalue weighted by Gasteiger charge is -2.09. The highest BCUT2D eigenvalue weighted by Gasteiger charge is 2.16. The molecule has 0 saturated heterocycles. The summed E-state index contributed by atoms with van der Waals surface area (Å²) in [7, 11) is 0. The Kier molecular flexibility index (Phi) is 2.75. The Hall–Kier alpha value is -1.73. The van der Waals surface area contributed by atoms with Gasteiger partial charge in [-0.05, 0) is 6.92 Å². The second-order valence-electron chi connectivity index (χ2n) is 3.12. The molecule has 7 heteroatoms. The third-order valence-electron chi connectivity index (χ3n) is 2.21. The Balaban J connectivity index is 2.27. The summed E-state index contributed by atoms with van der Waals surface area (Å²) >= 11 is 0. The Morgan fingerprint density at radius 1 is 1.60 bits per heavy atom. The fourth-order valence-corrected chi connectivity index (χ4v) is 1.40. The normalized spacial score (nSPS) is 12.9. The zero-order chi connectivity index (χ0) is 10.7. The second kappa shape index (κ2) is 4.20. The van der Waals surface area contributed by atoms with Gasteiger partial charge < -0.3 is 0 Å². The van der Waals surface area contributed by atoms with Crippen molar-refractivity contribution in [2.75, 3.05) is 0 Å². The second-order valence-corrected chi connectivity index (χ2v) is 3.12. The zero-order valence-corrected chi connectivity index (χ0v) is 8.38. The molecule has 0 bridgehead atoms. The number of H-pyrrole nitrogens is 1. The molecule has 80 valence electrons. The van der Waals surface area contributed by atoms with Crippen LogP contribution in [0.15, 0.2) is 18.6 Å². The molecule has 0 spiro atoms. The first-order valence-electron chi connectivity index (χ1n) is 4.69. The largest absolute Gasteiger partial charge is 0.273 e. The topological polar surface area (TPSA) is 97.4 Å². The highest BCUT2D eigenvalue weighted by atomic mass is 15.3. The van der Waals surface area contributed by atoms with Gasteiger partial charge in [-0.25, -0.2) is 5.43 Å². The van der Waals surface area contributed by atoms with Crippen molar-refractivity contribution < 1.29 is 0 Å². The van der Waals surface area contributed by atoms with Gasteiger partial charge in [-0.1, -0.05) is 0 Å². The summed E-state index contributed by atoms with van der Waals surface area (Å²) in [6.45, 7) is 2.86. The van der Waals surface area contributed by atoms with Crippen LogP contribution in [0.25, 0.3) is 0 Å². The monoisotopic (exact) mass is 207 g/mol. The molecule has 0 amide bonds. The Morgan fingerprint density at radius 2 is 2.47 bits per heavy atom. The molecule has 0 aliphatic heterocycles. The van der Waals surface area contributed by atoms with Crippen LogP contribution in [0.3, 0.4) is 0 Å². The lowest BCUT2D eigenvalue weighted by atomic mass is 10.1. The molecular weight excluding hydrogens is 194 g/mol. The van der Waals surface area contributed by atoms with Gasteiger partial charge in [0.25, 0.3) is 0 Å². The molecule has 4 N–H and O–H groups in total. The number of nitrogens with two attached hydrogens (primary N) is 1. The molecule has 0 saturated carbocycles. The maximum absolute atomic E-state index is 5.48. The summed E-state index contributed by atoms with van der Waals surface area (Å²) in [4.78, 5) is 0. The molecule has 0 fully saturated rings. The first kappa shape index (κ1) is 9.81. The molecule has 2 heterocycles. The van der Waals surface area contributed by atoms with E-state index in [1.165, 1.54) is 0 Å². The molecule has 0 aromatic carbocycles. The molecule has 0 radical (unpaired) electrons. The number of aryl methyl sites for hydroxylation is 1. The van der Waals surface area contributed by atoms with Crippen molar-refractivity contribution >= 4 is 0 Å². The van der Waals surface area contributed by atoms with Crippen molar-refractivity contribution in [2.45, 2.75) is 19.5 Å². The van der Waals surface area contributed by atoms with E-state index in [4.69, 9.17) is 5.84 Å². The van der Waals surface area contributed by atoms with Crippen LogP contribution in [-0.4, -0.2) is 25.2 Å². The van der Waals surface area contributed by atoms with Crippen molar-refractivity contribution in [1.29, 1.82) is 0 Å². The van der Waals surface area contributed by atoms with Gasteiger partial charge in [0.2, 0.25) is 0 Å². The molecule has 1 unspecified atom stereocenters. The van der Waals surface area contributed by atoms with Crippen LogP contribution in [0.1, 0.15) is 24.2 Å². The third-order valence-corrected chi connectivity index (χ3v) is 2.21. The fourth-order valence-electron chi connectivity index (χ4n) is 1.40. The van der Waals surface area contributed by atoms with E-state index in [9.17, 15) is 0 Å². The number of nitrogens with one attached hydrogen (secondary N) is 2. The van der Waals surface area contributed by atoms with E-state index >= 15 is 0 Å². The molecule has 2 rings (SSSR count). The summed E-state index contributed by atoms with van der Waals surface area (Å²) in [5, 5.41) is 14.5. The van der Waals surface area contributed by atoms with E-state index in [-0.39, 0.29) is 6.04 Å². The van der Waals surface area contributed by atoms with E-state index < -0.39 is 0 Å². The number of aromatic nitrogens is 5. The van der Waals surface area contributed by atoms with E-state index in [2.05, 4.69) is 25.9 Å². The number of hydrazine groups is 1. The maximum Gasteiger partial charge on any atom is 0.105 e. The molecule has 2 aromatic heterocycles. The average Bonchev–Trinajstić information content (AvgIpc) is 2.89. The summed E-state index contributed by atoms with van der Waals surface area (Å²) in [5.41, 5.74) is 4.39. The van der Waals surface area contributed by atoms with Gasteiger partial charge in [-0.15, -0.1) is 0 Å². The highest BCUT2D eigenvalue weighted by molar-refractivity contribution is 5.20. The van der Waals surface area contributed by atoms with Crippen LogP contribution in [0, 0.1) is 0 Å². The van der Waals surface area contributed by atoms with E-state index in [0.29, 0.717) is 0 Å². The standard InChI is InChI=1S/C8H13N7/c1-2-15-5-6(3-11-15)8(12-9)7-4-10-14-13-7/h3-5,8,12H,2,9H2,1H3,(H,10,13,14). The van der Waals surface area contributed by atoms with E-state index in [0.717, 1.165) is 17.8 Å². The number of hydrogen-bond donors (Lipinski definition) is 3. The first-order chi connectivity index (χ1) is 7.35. The SMILES string of the molecule is CCn1cc(C(NN)c2cn[nH]n2)cn1. The fraction of sp³-hybridized carbons (Fsp3) is 0.375. The number of aromatic amines is 1. The van der Waals surface area contributed by atoms with E-state index in [1.807, 2.05) is 17.8 Å². The highest BCUT2D eigenvalue weighted by Crippen LogP contribution is 2.17. The van der Waals surface area contributed by atoms with Gasteiger partial charge in [-0.2, -0.15) is 20.5 Å². The Labute approximate surface area is 86.6 Å². The Morgan fingerprint density at radius 3 is 3.00 bits per heavy atom. The molecule has 15 heavy (non-hydrogen) atoms. The number of nitrogens with zero attached hydrogens (tertiary/aromatic N) is 4. The van der Waals surface area contributed by atoms with Gasteiger partial charge in [0.1, 0.15) is 5.69 Å². The average molecular weight is 207 g/mol. The van der Waals surface area contributed by atoms with Crippen molar-refractivity contribution in [3.8, 4) is 0 Å². The van der Waals surface area contributed by atoms with Crippen molar-refractivity contribution in [2.24, 2.45) is 5.84 Å². The smallest absolute Gasteiger partial charge is 0.105 e. The molecule has 0 aliphatic rings. The van der Waals surface area contributed by atoms with Gasteiger partial charge in [0.05, 0.1) is 18.4 Å². The predicted octanol–water partition coefficient (Wildman–Crippen LogP) is -0.426. The minimum Gasteiger partial charge on any atom is -0.273 e. The first-order valence-corrected chi connectivity index (χ1v) is 4.69. The summed E-state index contributed by atoms with van der Waals surface area (Å²) in [5.74, 6) is 5.48. The summed E-state index contributed by atoms with van der Waals surface area (Å²) in [6.07, 6.45) is 5.33. The van der Waals surface area contributed by atoms with Crippen molar-refractivity contribution in [3.05, 3.63) is 29.8 Å². The van der Waals surface area contributed by atoms with Gasteiger partial charge in [0.15, 0.2) is 0 Å². The van der Waals surface area contributed by atoms with Crippen LogP contribution >= 0.6 is 0 Å². The molecular formula is C8H13N7. The lowest BCUT2D eigenvalue weighted by molar-refractivity contribution is 0.614. The number of rotatable bonds is 4. The summed E-state index contributed by atoms with van der Waals surface area (Å²) < 4.78 is 1.83. The van der Waals surface area contributed by atoms with Crippen LogP contribution in [0.4, 0.5) is 0 Å². The van der Waals surface area contributed by atoms with Crippen LogP contribution < -0.4 is 11.3 Å². The maximum atomic E-state index is 5.48. The van der Waals surface area contributed by atoms with E-state index in [1.54, 1.807) is 12.4 Å². The quantitative estimate of drug-likeness (QED) is 0.467. The minimum absolute atomic E-state index is 0.177. The molecule has 1 atom stereocenters. The van der Waals surface area contributed by atoms with Crippen LogP contribution in [0.2, 0.25) is 0 Å². The third kappa shape index (κ3) is 1.88. The molecule has 7 nitrogen and oxygen atoms in total. The predicted molar refractivity (Wildman–Crippen MR) is 53.4 cm³/mol. The van der Waals surface area contributed by atoms with Crippen LogP contribution in [0.5, 0.6) is 0 Å². The van der Waals surface area contributed by atoms with Crippen molar-refractivity contribution in [1.82, 2.24) is 30.6 Å². The zero-order valence-electron chi connectivity index (χ0n) is 8.38. The Bertz CT molecular complexity index is 404. The number of hydrogen-bond acceptors (Lipinski definition) is 5. The van der Waals surface area contributed by atoms with Crippen molar-refractivity contribution in [3.63, 3.8) is 0 Å². The minimum atomic E-state index is -0.177.